The summed E-state index contributed by atoms with van der Waals surface area (Å²) in [6.45, 7) is 1.86. The van der Waals surface area contributed by atoms with E-state index in [-0.39, 0.29) is 12.0 Å². The van der Waals surface area contributed by atoms with Crippen LogP contribution in [0.2, 0.25) is 0 Å². The topological polar surface area (TPSA) is 94.2 Å². The number of carbonyl (C=O) groups is 1. The maximum Gasteiger partial charge on any atom is 0.227 e. The summed E-state index contributed by atoms with van der Waals surface area (Å²) in [6.07, 6.45) is 9.68. The Hall–Kier alpha value is -3.13. The van der Waals surface area contributed by atoms with Gasteiger partial charge in [0.25, 0.3) is 0 Å². The van der Waals surface area contributed by atoms with Crippen molar-refractivity contribution in [3.05, 3.63) is 60.5 Å². The summed E-state index contributed by atoms with van der Waals surface area (Å²) in [5, 5.41) is 3.98. The molecule has 8 heteroatoms. The molecule has 1 atom stereocenters. The average Bonchev–Trinajstić information content (AvgIpc) is 3.45. The lowest BCUT2D eigenvalue weighted by atomic mass is 10.2. The summed E-state index contributed by atoms with van der Waals surface area (Å²) in [5.41, 5.74) is 1.78. The van der Waals surface area contributed by atoms with Crippen molar-refractivity contribution in [2.75, 3.05) is 13.2 Å². The number of aromatic nitrogens is 4. The molecule has 8 nitrogen and oxygen atoms in total. The third kappa shape index (κ3) is 5.23. The van der Waals surface area contributed by atoms with Crippen LogP contribution in [0.4, 0.5) is 0 Å². The normalized spacial score (nSPS) is 16.1. The van der Waals surface area contributed by atoms with Gasteiger partial charge < -0.3 is 14.2 Å². The van der Waals surface area contributed by atoms with Crippen LogP contribution in [0.5, 0.6) is 0 Å². The minimum atomic E-state index is 0.0329. The van der Waals surface area contributed by atoms with Crippen LogP contribution in [0.25, 0.3) is 11.4 Å². The quantitative estimate of drug-likeness (QED) is 0.581. The van der Waals surface area contributed by atoms with E-state index >= 15 is 0 Å². The molecule has 0 spiro atoms. The molecule has 1 amide bonds. The van der Waals surface area contributed by atoms with E-state index < -0.39 is 0 Å². The van der Waals surface area contributed by atoms with Crippen LogP contribution in [0, 0.1) is 0 Å². The van der Waals surface area contributed by atoms with E-state index in [1.54, 1.807) is 24.8 Å². The van der Waals surface area contributed by atoms with Crippen LogP contribution < -0.4 is 0 Å². The fourth-order valence-electron chi connectivity index (χ4n) is 3.34. The number of aryl methyl sites for hydroxylation is 1. The fourth-order valence-corrected chi connectivity index (χ4v) is 3.34. The molecular weight excluding hydrogens is 370 g/mol. The van der Waals surface area contributed by atoms with Gasteiger partial charge in [0, 0.05) is 62.9 Å². The highest BCUT2D eigenvalue weighted by atomic mass is 16.5. The molecule has 1 unspecified atom stereocenters. The monoisotopic (exact) mass is 393 g/mol. The molecule has 0 aliphatic carbocycles. The second-order valence-electron chi connectivity index (χ2n) is 7.02. The van der Waals surface area contributed by atoms with Crippen LogP contribution in [-0.4, -0.2) is 50.2 Å². The summed E-state index contributed by atoms with van der Waals surface area (Å²) >= 11 is 0. The van der Waals surface area contributed by atoms with Crippen LogP contribution in [-0.2, 0) is 22.5 Å². The highest BCUT2D eigenvalue weighted by Crippen LogP contribution is 2.17. The number of hydrogen-bond donors (Lipinski definition) is 0. The fraction of sp³-hybridized carbons (Fsp3) is 0.381. The van der Waals surface area contributed by atoms with Gasteiger partial charge in [-0.05, 0) is 36.6 Å². The predicted molar refractivity (Wildman–Crippen MR) is 104 cm³/mol. The number of nitrogens with zero attached hydrogens (tertiary/aromatic N) is 5. The van der Waals surface area contributed by atoms with Crippen LogP contribution in [0.3, 0.4) is 0 Å². The summed E-state index contributed by atoms with van der Waals surface area (Å²) < 4.78 is 11.0. The van der Waals surface area contributed by atoms with E-state index in [1.165, 1.54) is 0 Å². The zero-order chi connectivity index (χ0) is 19.9. The van der Waals surface area contributed by atoms with Gasteiger partial charge in [-0.3, -0.25) is 14.8 Å². The van der Waals surface area contributed by atoms with Crippen molar-refractivity contribution in [1.82, 2.24) is 25.0 Å². The minimum absolute atomic E-state index is 0.0329. The molecule has 1 fully saturated rings. The van der Waals surface area contributed by atoms with Gasteiger partial charge in [-0.2, -0.15) is 4.98 Å². The SMILES string of the molecule is O=C(CCc1nc(-c2cccnc2)no1)N(Cc1cccnc1)CC1CCCO1. The Balaban J connectivity index is 1.38. The first kappa shape index (κ1) is 19.2. The minimum Gasteiger partial charge on any atom is -0.376 e. The summed E-state index contributed by atoms with van der Waals surface area (Å²) in [5.74, 6) is 0.952. The molecule has 0 bridgehead atoms. The van der Waals surface area contributed by atoms with Gasteiger partial charge in [0.05, 0.1) is 6.10 Å². The van der Waals surface area contributed by atoms with Gasteiger partial charge in [-0.25, -0.2) is 0 Å². The standard InChI is InChI=1S/C21H23N5O3/c27-20(8-7-19-24-21(25-29-19)17-5-2-10-23-13-17)26(15-18-6-3-11-28-18)14-16-4-1-9-22-12-16/h1-2,4-5,9-10,12-13,18H,3,6-8,11,14-15H2. The Morgan fingerprint density at radius 1 is 1.17 bits per heavy atom. The van der Waals surface area contributed by atoms with Crippen molar-refractivity contribution < 1.29 is 14.1 Å². The van der Waals surface area contributed by atoms with E-state index in [0.717, 1.165) is 30.6 Å². The first-order valence-electron chi connectivity index (χ1n) is 9.79. The number of hydrogen-bond acceptors (Lipinski definition) is 7. The van der Waals surface area contributed by atoms with E-state index in [4.69, 9.17) is 9.26 Å². The van der Waals surface area contributed by atoms with Gasteiger partial charge in [-0.1, -0.05) is 11.2 Å². The first-order valence-corrected chi connectivity index (χ1v) is 9.79. The Labute approximate surface area is 168 Å². The number of ether oxygens (including phenoxy) is 1. The van der Waals surface area contributed by atoms with Gasteiger partial charge in [0.1, 0.15) is 0 Å². The van der Waals surface area contributed by atoms with Crippen molar-refractivity contribution in [2.45, 2.75) is 38.3 Å². The highest BCUT2D eigenvalue weighted by molar-refractivity contribution is 5.76. The molecule has 1 aliphatic rings. The molecule has 0 radical (unpaired) electrons. The lowest BCUT2D eigenvalue weighted by Gasteiger charge is -2.25. The molecule has 1 aliphatic heterocycles. The van der Waals surface area contributed by atoms with Crippen molar-refractivity contribution in [1.29, 1.82) is 0 Å². The summed E-state index contributed by atoms with van der Waals surface area (Å²) in [4.78, 5) is 27.4. The van der Waals surface area contributed by atoms with E-state index in [2.05, 4.69) is 20.1 Å². The van der Waals surface area contributed by atoms with Crippen molar-refractivity contribution in [3.8, 4) is 11.4 Å². The smallest absolute Gasteiger partial charge is 0.227 e. The van der Waals surface area contributed by atoms with Gasteiger partial charge >= 0.3 is 0 Å². The Kier molecular flexibility index (Phi) is 6.21. The molecule has 4 rings (SSSR count). The lowest BCUT2D eigenvalue weighted by Crippen LogP contribution is -2.37. The number of pyridine rings is 2. The van der Waals surface area contributed by atoms with Crippen LogP contribution in [0.15, 0.2) is 53.6 Å². The Morgan fingerprint density at radius 3 is 2.76 bits per heavy atom. The van der Waals surface area contributed by atoms with E-state index in [0.29, 0.717) is 37.6 Å². The molecule has 29 heavy (non-hydrogen) atoms. The molecule has 0 N–H and O–H groups in total. The second kappa shape index (κ2) is 9.38. The molecule has 150 valence electrons. The molecular formula is C21H23N5O3. The summed E-state index contributed by atoms with van der Waals surface area (Å²) in [6, 6.07) is 7.53. The van der Waals surface area contributed by atoms with Crippen molar-refractivity contribution in [3.63, 3.8) is 0 Å². The lowest BCUT2D eigenvalue weighted by molar-refractivity contribution is -0.133. The molecule has 1 saturated heterocycles. The van der Waals surface area contributed by atoms with E-state index in [1.807, 2.05) is 29.2 Å². The molecule has 0 aromatic carbocycles. The number of rotatable bonds is 8. The maximum atomic E-state index is 12.9. The largest absolute Gasteiger partial charge is 0.376 e. The van der Waals surface area contributed by atoms with Crippen LogP contribution in [0.1, 0.15) is 30.7 Å². The average molecular weight is 393 g/mol. The zero-order valence-corrected chi connectivity index (χ0v) is 16.1. The highest BCUT2D eigenvalue weighted by Gasteiger charge is 2.23. The second-order valence-corrected chi connectivity index (χ2v) is 7.02. The summed E-state index contributed by atoms with van der Waals surface area (Å²) in [7, 11) is 0. The van der Waals surface area contributed by atoms with Crippen LogP contribution >= 0.6 is 0 Å². The molecule has 4 heterocycles. The zero-order valence-electron chi connectivity index (χ0n) is 16.1. The van der Waals surface area contributed by atoms with Gasteiger partial charge in [0.2, 0.25) is 17.6 Å². The molecule has 0 saturated carbocycles. The van der Waals surface area contributed by atoms with E-state index in [9.17, 15) is 4.79 Å². The third-order valence-electron chi connectivity index (χ3n) is 4.84. The number of amides is 1. The van der Waals surface area contributed by atoms with Gasteiger partial charge in [0.15, 0.2) is 0 Å². The number of carbonyl (C=O) groups excluding carboxylic acids is 1. The van der Waals surface area contributed by atoms with Crippen molar-refractivity contribution in [2.24, 2.45) is 0 Å². The Morgan fingerprint density at radius 2 is 2.03 bits per heavy atom. The van der Waals surface area contributed by atoms with Crippen molar-refractivity contribution >= 4 is 5.91 Å². The Bertz CT molecular complexity index is 910. The van der Waals surface area contributed by atoms with Gasteiger partial charge in [-0.15, -0.1) is 0 Å². The first-order chi connectivity index (χ1) is 14.3. The molecule has 3 aromatic rings. The maximum absolute atomic E-state index is 12.9. The molecule has 3 aromatic heterocycles. The third-order valence-corrected chi connectivity index (χ3v) is 4.84. The predicted octanol–water partition coefficient (Wildman–Crippen LogP) is 2.67.